The molecule has 0 aromatic rings. The second-order valence-electron chi connectivity index (χ2n) is 5.14. The summed E-state index contributed by atoms with van der Waals surface area (Å²) in [6.45, 7) is 2.22. The monoisotopic (exact) mass is 318 g/mol. The van der Waals surface area contributed by atoms with Gasteiger partial charge in [-0.3, -0.25) is 4.79 Å². The van der Waals surface area contributed by atoms with E-state index >= 15 is 0 Å². The first-order valence-electron chi connectivity index (χ1n) is 8.43. The topological polar surface area (TPSA) is 46.5 Å². The highest BCUT2D eigenvalue weighted by Gasteiger charge is 1.92. The molecule has 0 unspecified atom stereocenters. The van der Waals surface area contributed by atoms with Crippen LogP contribution in [0.2, 0.25) is 0 Å². The maximum atomic E-state index is 10.3. The summed E-state index contributed by atoms with van der Waals surface area (Å²) in [4.78, 5) is 10.3. The highest BCUT2D eigenvalue weighted by atomic mass is 16.5. The van der Waals surface area contributed by atoms with Crippen molar-refractivity contribution in [1.82, 2.24) is 0 Å². The van der Waals surface area contributed by atoms with Gasteiger partial charge >= 0.3 is 5.97 Å². The first-order valence-corrected chi connectivity index (χ1v) is 8.43. The molecule has 3 nitrogen and oxygen atoms in total. The molecule has 0 aliphatic carbocycles. The highest BCUT2D eigenvalue weighted by Crippen LogP contribution is 2.00. The van der Waals surface area contributed by atoms with E-state index in [0.29, 0.717) is 6.42 Å². The summed E-state index contributed by atoms with van der Waals surface area (Å²) in [5.74, 6) is -0.748. The molecule has 0 spiro atoms. The molecule has 0 aliphatic rings. The van der Waals surface area contributed by atoms with Crippen molar-refractivity contribution in [3.8, 4) is 0 Å². The Balaban J connectivity index is 3.51. The third kappa shape index (κ3) is 20.0. The fourth-order valence-corrected chi connectivity index (χ4v) is 1.73. The molecule has 23 heavy (non-hydrogen) atoms. The molecule has 0 atom stereocenters. The van der Waals surface area contributed by atoms with Crippen LogP contribution in [-0.4, -0.2) is 11.1 Å². The summed E-state index contributed by atoms with van der Waals surface area (Å²) in [6, 6.07) is 0. The minimum Gasteiger partial charge on any atom is -0.481 e. The van der Waals surface area contributed by atoms with E-state index < -0.39 is 5.97 Å². The summed E-state index contributed by atoms with van der Waals surface area (Å²) in [5, 5.41) is 8.47. The highest BCUT2D eigenvalue weighted by molar-refractivity contribution is 5.66. The van der Waals surface area contributed by atoms with Gasteiger partial charge in [-0.1, -0.05) is 56.2 Å². The quantitative estimate of drug-likeness (QED) is 0.187. The Hall–Kier alpha value is -2.03. The summed E-state index contributed by atoms with van der Waals surface area (Å²) >= 11 is 0. The second-order valence-corrected chi connectivity index (χ2v) is 5.14. The second kappa shape index (κ2) is 18.0. The van der Waals surface area contributed by atoms with E-state index in [1.54, 1.807) is 18.6 Å². The largest absolute Gasteiger partial charge is 0.481 e. The lowest BCUT2D eigenvalue weighted by atomic mass is 10.2. The molecule has 0 aromatic heterocycles. The van der Waals surface area contributed by atoms with Gasteiger partial charge in [0.15, 0.2) is 0 Å². The molecular formula is C20H30O3. The van der Waals surface area contributed by atoms with Crippen molar-refractivity contribution in [2.75, 3.05) is 0 Å². The first kappa shape index (κ1) is 21.0. The van der Waals surface area contributed by atoms with Gasteiger partial charge in [0.05, 0.1) is 12.5 Å². The van der Waals surface area contributed by atoms with Crippen LogP contribution in [-0.2, 0) is 9.53 Å². The average molecular weight is 318 g/mol. The van der Waals surface area contributed by atoms with E-state index in [4.69, 9.17) is 9.84 Å². The number of ether oxygens (including phenoxy) is 1. The van der Waals surface area contributed by atoms with Gasteiger partial charge in [-0.25, -0.2) is 0 Å². The lowest BCUT2D eigenvalue weighted by molar-refractivity contribution is -0.137. The molecule has 0 amide bonds. The fourth-order valence-electron chi connectivity index (χ4n) is 1.73. The molecule has 1 N–H and O–H groups in total. The van der Waals surface area contributed by atoms with Gasteiger partial charge < -0.3 is 9.84 Å². The average Bonchev–Trinajstić information content (AvgIpc) is 2.53. The minimum atomic E-state index is -0.748. The maximum absolute atomic E-state index is 10.3. The molecular weight excluding hydrogens is 288 g/mol. The van der Waals surface area contributed by atoms with Crippen LogP contribution >= 0.6 is 0 Å². The Morgan fingerprint density at radius 3 is 2.26 bits per heavy atom. The zero-order chi connectivity index (χ0) is 17.0. The Morgan fingerprint density at radius 2 is 1.57 bits per heavy atom. The summed E-state index contributed by atoms with van der Waals surface area (Å²) in [6.07, 6.45) is 26.8. The molecule has 0 fully saturated rings. The van der Waals surface area contributed by atoms with Crippen molar-refractivity contribution >= 4 is 5.97 Å². The van der Waals surface area contributed by atoms with Gasteiger partial charge in [-0.05, 0) is 44.3 Å². The van der Waals surface area contributed by atoms with Gasteiger partial charge in [0.25, 0.3) is 0 Å². The number of carboxylic acid groups (broad SMARTS) is 1. The lowest BCUT2D eigenvalue weighted by Gasteiger charge is -1.90. The standard InChI is InChI=1S/C20H30O3/c1-2-3-4-5-6-7-8-9-12-15-18-23-19-16-13-10-11-14-17-20(21)22/h6-7,9-10,12-13,15-16,18-19H,2-5,8,11,14,17H2,1H3,(H,21,22)/b7-6-,12-9-,13-10-,18-15-,19-16+. The molecule has 0 bridgehead atoms. The molecule has 0 radical (unpaired) electrons. The first-order chi connectivity index (χ1) is 11.3. The van der Waals surface area contributed by atoms with Crippen molar-refractivity contribution in [3.63, 3.8) is 0 Å². The van der Waals surface area contributed by atoms with Crippen LogP contribution in [0.5, 0.6) is 0 Å². The van der Waals surface area contributed by atoms with Crippen LogP contribution in [0.1, 0.15) is 58.3 Å². The zero-order valence-electron chi connectivity index (χ0n) is 14.2. The van der Waals surface area contributed by atoms with Crippen molar-refractivity contribution < 1.29 is 14.6 Å². The fraction of sp³-hybridized carbons (Fsp3) is 0.450. The molecule has 3 heteroatoms. The number of allylic oxidation sites excluding steroid dienone is 8. The van der Waals surface area contributed by atoms with Gasteiger partial charge in [0, 0.05) is 6.42 Å². The number of hydrogen-bond acceptors (Lipinski definition) is 2. The maximum Gasteiger partial charge on any atom is 0.303 e. The SMILES string of the molecule is CCCCC/C=C\C/C=C\C=C/O/C=C/C=C\CCCC(=O)O. The van der Waals surface area contributed by atoms with Crippen LogP contribution in [0.15, 0.2) is 61.1 Å². The smallest absolute Gasteiger partial charge is 0.303 e. The van der Waals surface area contributed by atoms with Crippen molar-refractivity contribution in [3.05, 3.63) is 61.1 Å². The van der Waals surface area contributed by atoms with Crippen molar-refractivity contribution in [1.29, 1.82) is 0 Å². The number of hydrogen-bond donors (Lipinski definition) is 1. The predicted molar refractivity (Wildman–Crippen MR) is 97.0 cm³/mol. The van der Waals surface area contributed by atoms with E-state index in [1.807, 2.05) is 24.3 Å². The Kier molecular flexibility index (Phi) is 16.4. The van der Waals surface area contributed by atoms with Crippen LogP contribution in [0, 0.1) is 0 Å². The van der Waals surface area contributed by atoms with Gasteiger partial charge in [0.2, 0.25) is 0 Å². The molecule has 0 rings (SSSR count). The van der Waals surface area contributed by atoms with Gasteiger partial charge in [0.1, 0.15) is 0 Å². The predicted octanol–water partition coefficient (Wildman–Crippen LogP) is 5.92. The summed E-state index contributed by atoms with van der Waals surface area (Å²) < 4.78 is 5.17. The third-order valence-electron chi connectivity index (χ3n) is 2.98. The van der Waals surface area contributed by atoms with Crippen LogP contribution < -0.4 is 0 Å². The van der Waals surface area contributed by atoms with Crippen LogP contribution in [0.3, 0.4) is 0 Å². The molecule has 0 aliphatic heterocycles. The van der Waals surface area contributed by atoms with Crippen molar-refractivity contribution in [2.24, 2.45) is 0 Å². The number of aliphatic carboxylic acids is 1. The Labute approximate surface area is 140 Å². The number of rotatable bonds is 14. The van der Waals surface area contributed by atoms with E-state index in [2.05, 4.69) is 25.2 Å². The van der Waals surface area contributed by atoms with Crippen LogP contribution in [0.25, 0.3) is 0 Å². The number of carbonyl (C=O) groups is 1. The molecule has 0 heterocycles. The third-order valence-corrected chi connectivity index (χ3v) is 2.98. The van der Waals surface area contributed by atoms with E-state index in [9.17, 15) is 4.79 Å². The van der Waals surface area contributed by atoms with E-state index in [1.165, 1.54) is 25.7 Å². The molecule has 0 saturated carbocycles. The van der Waals surface area contributed by atoms with Gasteiger partial charge in [-0.2, -0.15) is 0 Å². The van der Waals surface area contributed by atoms with E-state index in [0.717, 1.165) is 12.8 Å². The number of unbranched alkanes of at least 4 members (excludes halogenated alkanes) is 4. The summed E-state index contributed by atoms with van der Waals surface area (Å²) in [7, 11) is 0. The lowest BCUT2D eigenvalue weighted by Crippen LogP contribution is -1.92. The summed E-state index contributed by atoms with van der Waals surface area (Å²) in [5.41, 5.74) is 0. The molecule has 128 valence electrons. The van der Waals surface area contributed by atoms with Crippen molar-refractivity contribution in [2.45, 2.75) is 58.3 Å². The number of carboxylic acids is 1. The molecule has 0 saturated heterocycles. The van der Waals surface area contributed by atoms with Crippen LogP contribution in [0.4, 0.5) is 0 Å². The van der Waals surface area contributed by atoms with E-state index in [-0.39, 0.29) is 6.42 Å². The molecule has 0 aromatic carbocycles. The zero-order valence-corrected chi connectivity index (χ0v) is 14.2. The Morgan fingerprint density at radius 1 is 0.870 bits per heavy atom. The van der Waals surface area contributed by atoms with Gasteiger partial charge in [-0.15, -0.1) is 0 Å². The normalized spacial score (nSPS) is 12.6. The Bertz CT molecular complexity index is 415. The minimum absolute atomic E-state index is 0.216.